The lowest BCUT2D eigenvalue weighted by atomic mass is 10.0. The summed E-state index contributed by atoms with van der Waals surface area (Å²) in [6.07, 6.45) is 0.0455. The molecule has 0 aliphatic heterocycles. The van der Waals surface area contributed by atoms with E-state index in [0.717, 1.165) is 6.42 Å². The van der Waals surface area contributed by atoms with Crippen LogP contribution in [0.5, 0.6) is 5.95 Å². The second-order valence-electron chi connectivity index (χ2n) is 8.46. The first kappa shape index (κ1) is 24.5. The highest BCUT2D eigenvalue weighted by Gasteiger charge is 2.27. The zero-order valence-electron chi connectivity index (χ0n) is 18.6. The number of anilines is 1. The highest BCUT2D eigenvalue weighted by molar-refractivity contribution is 6.36. The molecule has 8 nitrogen and oxygen atoms in total. The molecule has 0 bridgehead atoms. The van der Waals surface area contributed by atoms with Crippen molar-refractivity contribution in [2.45, 2.75) is 59.6 Å². The average Bonchev–Trinajstić information content (AvgIpc) is 2.66. The summed E-state index contributed by atoms with van der Waals surface area (Å²) >= 11 is 6.30. The van der Waals surface area contributed by atoms with Gasteiger partial charge in [0.25, 0.3) is 0 Å². The number of carbonyl (C=O) groups excluding carboxylic acids is 2. The van der Waals surface area contributed by atoms with Crippen LogP contribution in [0, 0.1) is 5.92 Å². The number of carbonyl (C=O) groups is 2. The van der Waals surface area contributed by atoms with Gasteiger partial charge in [0.2, 0.25) is 5.91 Å². The summed E-state index contributed by atoms with van der Waals surface area (Å²) in [5.74, 6) is -0.677. The van der Waals surface area contributed by atoms with Crippen molar-refractivity contribution in [3.05, 3.63) is 33.6 Å². The Hall–Kier alpha value is -2.74. The van der Waals surface area contributed by atoms with E-state index in [2.05, 4.69) is 10.6 Å². The van der Waals surface area contributed by atoms with Crippen LogP contribution < -0.4 is 21.0 Å². The Balaban J connectivity index is 2.24. The van der Waals surface area contributed by atoms with Gasteiger partial charge >= 0.3 is 17.7 Å². The molecule has 2 amide bonds. The molecule has 0 fully saturated rings. The topological polar surface area (TPSA) is 107 Å². The number of benzene rings is 1. The van der Waals surface area contributed by atoms with Crippen molar-refractivity contribution < 1.29 is 23.5 Å². The summed E-state index contributed by atoms with van der Waals surface area (Å²) in [6.45, 7) is 11.1. The predicted octanol–water partition coefficient (Wildman–Crippen LogP) is 4.72. The maximum absolute atomic E-state index is 12.8. The Bertz CT molecular complexity index is 1010. The van der Waals surface area contributed by atoms with Gasteiger partial charge in [-0.05, 0) is 45.2 Å². The number of alkyl carbamates (subject to hydrolysis) is 1. The van der Waals surface area contributed by atoms with E-state index in [0.29, 0.717) is 17.7 Å². The number of nitrogens with one attached hydrogen (secondary N) is 2. The molecule has 0 aliphatic rings. The number of halogens is 1. The van der Waals surface area contributed by atoms with Crippen LogP contribution in [-0.2, 0) is 9.53 Å². The first-order valence-electron chi connectivity index (χ1n) is 10.1. The second-order valence-corrected chi connectivity index (χ2v) is 8.83. The fraction of sp³-hybridized carbons (Fsp3) is 0.500. The van der Waals surface area contributed by atoms with Gasteiger partial charge in [-0.3, -0.25) is 4.79 Å². The molecule has 0 saturated heterocycles. The lowest BCUT2D eigenvalue weighted by molar-refractivity contribution is -0.119. The monoisotopic (exact) mass is 452 g/mol. The van der Waals surface area contributed by atoms with Gasteiger partial charge in [0.05, 0.1) is 12.0 Å². The van der Waals surface area contributed by atoms with Crippen LogP contribution >= 0.6 is 11.6 Å². The second kappa shape index (κ2) is 10.0. The molecule has 1 atom stereocenters. The lowest BCUT2D eigenvalue weighted by Gasteiger charge is -2.25. The molecular weight excluding hydrogens is 424 g/mol. The van der Waals surface area contributed by atoms with E-state index >= 15 is 0 Å². The third-order valence-corrected chi connectivity index (χ3v) is 4.52. The Labute approximate surface area is 186 Å². The number of rotatable bonds is 7. The summed E-state index contributed by atoms with van der Waals surface area (Å²) in [4.78, 5) is 37.3. The summed E-state index contributed by atoms with van der Waals surface area (Å²) in [6, 6.07) is 3.85. The van der Waals surface area contributed by atoms with Crippen LogP contribution in [0.4, 0.5) is 10.5 Å². The molecule has 0 saturated carbocycles. The quantitative estimate of drug-likeness (QED) is 0.629. The van der Waals surface area contributed by atoms with Crippen LogP contribution in [0.2, 0.25) is 5.02 Å². The summed E-state index contributed by atoms with van der Waals surface area (Å²) in [7, 11) is 0. The van der Waals surface area contributed by atoms with Gasteiger partial charge in [0.1, 0.15) is 16.7 Å². The fourth-order valence-corrected chi connectivity index (χ4v) is 3.01. The minimum atomic E-state index is -0.838. The van der Waals surface area contributed by atoms with Crippen molar-refractivity contribution in [2.24, 2.45) is 5.92 Å². The van der Waals surface area contributed by atoms with E-state index in [-0.39, 0.29) is 22.3 Å². The fourth-order valence-electron chi connectivity index (χ4n) is 2.75. The van der Waals surface area contributed by atoms with Crippen molar-refractivity contribution in [1.29, 1.82) is 0 Å². The van der Waals surface area contributed by atoms with Crippen molar-refractivity contribution in [3.8, 4) is 5.95 Å². The van der Waals surface area contributed by atoms with Crippen molar-refractivity contribution in [2.75, 3.05) is 11.9 Å². The SMILES string of the molecule is CCCOc1oc(=O)c2cc(NC(=O)C(NC(=O)OC(C)(C)C)C(C)C)ccc2c1Cl. The maximum atomic E-state index is 12.8. The molecule has 170 valence electrons. The van der Waals surface area contributed by atoms with Gasteiger partial charge in [-0.15, -0.1) is 0 Å². The molecule has 1 aromatic carbocycles. The lowest BCUT2D eigenvalue weighted by Crippen LogP contribution is -2.48. The number of hydrogen-bond acceptors (Lipinski definition) is 6. The molecule has 1 aromatic heterocycles. The Kier molecular flexibility index (Phi) is 7.95. The highest BCUT2D eigenvalue weighted by atomic mass is 35.5. The van der Waals surface area contributed by atoms with Gasteiger partial charge < -0.3 is 24.5 Å². The minimum absolute atomic E-state index is 0.0285. The zero-order chi connectivity index (χ0) is 23.3. The minimum Gasteiger partial charge on any atom is -0.464 e. The van der Waals surface area contributed by atoms with Gasteiger partial charge in [-0.1, -0.05) is 38.4 Å². The van der Waals surface area contributed by atoms with Crippen molar-refractivity contribution in [3.63, 3.8) is 0 Å². The van der Waals surface area contributed by atoms with E-state index in [1.54, 1.807) is 46.8 Å². The largest absolute Gasteiger partial charge is 0.464 e. The normalized spacial score (nSPS) is 12.5. The molecule has 31 heavy (non-hydrogen) atoms. The predicted molar refractivity (Wildman–Crippen MR) is 120 cm³/mol. The molecule has 2 aromatic rings. The number of hydrogen-bond donors (Lipinski definition) is 2. The van der Waals surface area contributed by atoms with Crippen molar-refractivity contribution >= 4 is 40.1 Å². The van der Waals surface area contributed by atoms with Crippen LogP contribution in [0.3, 0.4) is 0 Å². The van der Waals surface area contributed by atoms with Crippen LogP contribution in [0.1, 0.15) is 48.0 Å². The highest BCUT2D eigenvalue weighted by Crippen LogP contribution is 2.32. The van der Waals surface area contributed by atoms with Crippen LogP contribution in [0.25, 0.3) is 10.8 Å². The molecule has 2 N–H and O–H groups in total. The maximum Gasteiger partial charge on any atom is 0.408 e. The standard InChI is InChI=1S/C22H29ClN2O6/c1-7-10-29-20-16(23)14-9-8-13(11-15(14)19(27)30-20)24-18(26)17(12(2)3)25-21(28)31-22(4,5)6/h8-9,11-12,17H,7,10H2,1-6H3,(H,24,26)(H,25,28). The van der Waals surface area contributed by atoms with E-state index in [1.807, 2.05) is 6.92 Å². The van der Waals surface area contributed by atoms with Gasteiger partial charge in [-0.25, -0.2) is 9.59 Å². The average molecular weight is 453 g/mol. The van der Waals surface area contributed by atoms with Gasteiger partial charge in [-0.2, -0.15) is 0 Å². The van der Waals surface area contributed by atoms with E-state index in [9.17, 15) is 14.4 Å². The summed E-state index contributed by atoms with van der Waals surface area (Å²) in [5, 5.41) is 6.14. The molecular formula is C22H29ClN2O6. The van der Waals surface area contributed by atoms with Gasteiger partial charge in [0.15, 0.2) is 0 Å². The smallest absolute Gasteiger partial charge is 0.408 e. The molecule has 1 heterocycles. The third kappa shape index (κ3) is 6.62. The van der Waals surface area contributed by atoms with Gasteiger partial charge in [0, 0.05) is 11.1 Å². The molecule has 0 spiro atoms. The van der Waals surface area contributed by atoms with Crippen LogP contribution in [0.15, 0.2) is 27.4 Å². The number of ether oxygens (including phenoxy) is 2. The summed E-state index contributed by atoms with van der Waals surface area (Å²) in [5.41, 5.74) is -0.957. The zero-order valence-corrected chi connectivity index (χ0v) is 19.4. The first-order valence-corrected chi connectivity index (χ1v) is 10.5. The Morgan fingerprint density at radius 3 is 2.45 bits per heavy atom. The first-order chi connectivity index (χ1) is 14.4. The molecule has 0 radical (unpaired) electrons. The molecule has 9 heteroatoms. The van der Waals surface area contributed by atoms with E-state index in [4.69, 9.17) is 25.5 Å². The molecule has 0 aliphatic carbocycles. The van der Waals surface area contributed by atoms with E-state index in [1.165, 1.54) is 6.07 Å². The Morgan fingerprint density at radius 2 is 1.87 bits per heavy atom. The molecule has 2 rings (SSSR count). The number of amides is 2. The summed E-state index contributed by atoms with van der Waals surface area (Å²) < 4.78 is 15.8. The van der Waals surface area contributed by atoms with Crippen LogP contribution in [-0.4, -0.2) is 30.3 Å². The van der Waals surface area contributed by atoms with E-state index < -0.39 is 29.3 Å². The number of fused-ring (bicyclic) bond motifs is 1. The Morgan fingerprint density at radius 1 is 1.19 bits per heavy atom. The molecule has 1 unspecified atom stereocenters. The van der Waals surface area contributed by atoms with Crippen molar-refractivity contribution in [1.82, 2.24) is 5.32 Å². The third-order valence-electron chi connectivity index (χ3n) is 4.17.